The highest BCUT2D eigenvalue weighted by Gasteiger charge is 2.51. The molecule has 0 saturated heterocycles. The minimum absolute atomic E-state index is 0.333. The van der Waals surface area contributed by atoms with Crippen molar-refractivity contribution in [1.29, 1.82) is 0 Å². The molecule has 2 N–H and O–H groups in total. The smallest absolute Gasteiger partial charge is 0.324 e. The molecule has 0 spiro atoms. The maximum absolute atomic E-state index is 11.9. The van der Waals surface area contributed by atoms with Crippen molar-refractivity contribution in [2.45, 2.75) is 67.0 Å². The third kappa shape index (κ3) is 4.08. The van der Waals surface area contributed by atoms with Crippen molar-refractivity contribution in [3.63, 3.8) is 0 Å². The molecular formula is C13H29O3P. The molecule has 0 aliphatic carbocycles. The van der Waals surface area contributed by atoms with Crippen molar-refractivity contribution >= 4 is 7.60 Å². The fourth-order valence-corrected chi connectivity index (χ4v) is 5.70. The van der Waals surface area contributed by atoms with Gasteiger partial charge in [0.05, 0.1) is 5.66 Å². The van der Waals surface area contributed by atoms with Crippen LogP contribution in [0.3, 0.4) is 0 Å². The molecule has 0 aromatic heterocycles. The van der Waals surface area contributed by atoms with Gasteiger partial charge in [-0.05, 0) is 16.7 Å². The Hall–Kier alpha value is 0.150. The summed E-state index contributed by atoms with van der Waals surface area (Å²) in [5.41, 5.74) is -1.36. The normalized spacial score (nSPS) is 16.4. The van der Waals surface area contributed by atoms with E-state index in [-0.39, 0.29) is 5.41 Å². The van der Waals surface area contributed by atoms with Gasteiger partial charge in [0, 0.05) is 0 Å². The van der Waals surface area contributed by atoms with Crippen molar-refractivity contribution in [3.8, 4) is 0 Å². The van der Waals surface area contributed by atoms with Crippen molar-refractivity contribution in [2.75, 3.05) is 0 Å². The van der Waals surface area contributed by atoms with Crippen molar-refractivity contribution < 1.29 is 14.4 Å². The molecular weight excluding hydrogens is 235 g/mol. The molecule has 4 heteroatoms. The van der Waals surface area contributed by atoms with Gasteiger partial charge in [-0.25, -0.2) is 0 Å². The Labute approximate surface area is 106 Å². The van der Waals surface area contributed by atoms with Gasteiger partial charge >= 0.3 is 7.60 Å². The van der Waals surface area contributed by atoms with E-state index in [2.05, 4.69) is 13.8 Å². The van der Waals surface area contributed by atoms with E-state index < -0.39 is 18.7 Å². The molecule has 1 unspecified atom stereocenters. The molecule has 17 heavy (non-hydrogen) atoms. The molecule has 0 bridgehead atoms. The lowest BCUT2D eigenvalue weighted by Crippen LogP contribution is -2.44. The molecule has 0 aliphatic heterocycles. The molecule has 0 rings (SSSR count). The highest BCUT2D eigenvalue weighted by atomic mass is 31.2. The number of rotatable bonds is 5. The van der Waals surface area contributed by atoms with Gasteiger partial charge in [-0.1, -0.05) is 61.3 Å². The summed E-state index contributed by atoms with van der Waals surface area (Å²) < 4.78 is 11.9. The molecule has 0 aromatic carbocycles. The largest absolute Gasteiger partial charge is 0.329 e. The third-order valence-electron chi connectivity index (χ3n) is 3.90. The number of hydrogen-bond acceptors (Lipinski definition) is 1. The van der Waals surface area contributed by atoms with Crippen LogP contribution in [0.25, 0.3) is 0 Å². The van der Waals surface area contributed by atoms with E-state index in [4.69, 9.17) is 0 Å². The second-order valence-electron chi connectivity index (χ2n) is 6.69. The Bertz CT molecular complexity index is 282. The van der Waals surface area contributed by atoms with Gasteiger partial charge in [0.2, 0.25) is 0 Å². The van der Waals surface area contributed by atoms with Gasteiger partial charge in [0.1, 0.15) is 0 Å². The molecule has 0 heterocycles. The first kappa shape index (κ1) is 17.2. The zero-order valence-corrected chi connectivity index (χ0v) is 13.2. The summed E-state index contributed by atoms with van der Waals surface area (Å²) in [4.78, 5) is 19.4. The fraction of sp³-hybridized carbons (Fsp3) is 1.00. The van der Waals surface area contributed by atoms with Crippen LogP contribution in [0.1, 0.15) is 61.3 Å². The van der Waals surface area contributed by atoms with E-state index in [0.717, 1.165) is 12.8 Å². The average Bonchev–Trinajstić information content (AvgIpc) is 1.97. The minimum Gasteiger partial charge on any atom is -0.324 e. The predicted molar refractivity (Wildman–Crippen MR) is 73.1 cm³/mol. The van der Waals surface area contributed by atoms with Gasteiger partial charge in [-0.2, -0.15) is 0 Å². The lowest BCUT2D eigenvalue weighted by molar-refractivity contribution is 0.110. The molecule has 0 aliphatic rings. The first-order chi connectivity index (χ1) is 7.39. The zero-order valence-electron chi connectivity index (χ0n) is 12.3. The van der Waals surface area contributed by atoms with Crippen LogP contribution in [0.15, 0.2) is 0 Å². The summed E-state index contributed by atoms with van der Waals surface area (Å²) in [6.07, 6.45) is 1.91. The lowest BCUT2D eigenvalue weighted by atomic mass is 9.66. The summed E-state index contributed by atoms with van der Waals surface area (Å²) in [6.45, 7) is 13.9. The van der Waals surface area contributed by atoms with Crippen LogP contribution in [0.4, 0.5) is 0 Å². The monoisotopic (exact) mass is 264 g/mol. The Kier molecular flexibility index (Phi) is 5.47. The van der Waals surface area contributed by atoms with Crippen LogP contribution in [0, 0.1) is 16.7 Å². The second kappa shape index (κ2) is 5.42. The van der Waals surface area contributed by atoms with Crippen molar-refractivity contribution in [3.05, 3.63) is 0 Å². The highest BCUT2D eigenvalue weighted by molar-refractivity contribution is 7.52. The van der Waals surface area contributed by atoms with Gasteiger partial charge in [0.15, 0.2) is 0 Å². The molecule has 1 atom stereocenters. The standard InChI is InChI=1S/C13H29O3P/c1-8-10(9-2)13(6,7)11(12(3,4)5)17(14,15)16/h10-11H,8-9H2,1-7H3,(H2,14,15,16). The Morgan fingerprint density at radius 2 is 1.35 bits per heavy atom. The predicted octanol–water partition coefficient (Wildman–Crippen LogP) is 4.04. The van der Waals surface area contributed by atoms with Gasteiger partial charge in [-0.3, -0.25) is 4.57 Å². The summed E-state index contributed by atoms with van der Waals surface area (Å²) >= 11 is 0. The van der Waals surface area contributed by atoms with Gasteiger partial charge in [0.25, 0.3) is 0 Å². The van der Waals surface area contributed by atoms with Gasteiger partial charge < -0.3 is 9.79 Å². The second-order valence-corrected chi connectivity index (χ2v) is 8.39. The highest BCUT2D eigenvalue weighted by Crippen LogP contribution is 2.60. The van der Waals surface area contributed by atoms with Crippen LogP contribution < -0.4 is 0 Å². The van der Waals surface area contributed by atoms with E-state index >= 15 is 0 Å². The van der Waals surface area contributed by atoms with Crippen LogP contribution in [0.2, 0.25) is 0 Å². The first-order valence-electron chi connectivity index (χ1n) is 6.44. The SMILES string of the molecule is CCC(CC)C(C)(C)C(C(C)(C)C)P(=O)(O)O. The topological polar surface area (TPSA) is 57.5 Å². The minimum atomic E-state index is -4.10. The van der Waals surface area contributed by atoms with Gasteiger partial charge in [-0.15, -0.1) is 0 Å². The Balaban J connectivity index is 5.55. The summed E-state index contributed by atoms with van der Waals surface area (Å²) in [5.74, 6) is 0.333. The molecule has 0 amide bonds. The van der Waals surface area contributed by atoms with Crippen LogP contribution in [0.5, 0.6) is 0 Å². The maximum Gasteiger partial charge on any atom is 0.329 e. The van der Waals surface area contributed by atoms with E-state index in [1.165, 1.54) is 0 Å². The number of hydrogen-bond donors (Lipinski definition) is 2. The van der Waals surface area contributed by atoms with Crippen molar-refractivity contribution in [2.24, 2.45) is 16.7 Å². The van der Waals surface area contributed by atoms with Crippen LogP contribution in [-0.4, -0.2) is 15.4 Å². The molecule has 0 aromatic rings. The third-order valence-corrected chi connectivity index (χ3v) is 6.01. The summed E-state index contributed by atoms with van der Waals surface area (Å²) in [7, 11) is -4.10. The van der Waals surface area contributed by atoms with Crippen LogP contribution in [-0.2, 0) is 4.57 Å². The van der Waals surface area contributed by atoms with E-state index in [1.807, 2.05) is 34.6 Å². The first-order valence-corrected chi connectivity index (χ1v) is 8.12. The average molecular weight is 264 g/mol. The molecule has 104 valence electrons. The molecule has 3 nitrogen and oxygen atoms in total. The van der Waals surface area contributed by atoms with Crippen molar-refractivity contribution in [1.82, 2.24) is 0 Å². The summed E-state index contributed by atoms with van der Waals surface area (Å²) in [5, 5.41) is 0. The fourth-order valence-electron chi connectivity index (χ4n) is 3.62. The Morgan fingerprint density at radius 1 is 1.00 bits per heavy atom. The molecule has 0 fully saturated rings. The zero-order chi connectivity index (χ0) is 14.1. The van der Waals surface area contributed by atoms with Crippen LogP contribution >= 0.6 is 7.60 Å². The maximum atomic E-state index is 11.9. The lowest BCUT2D eigenvalue weighted by Gasteiger charge is -2.46. The van der Waals surface area contributed by atoms with E-state index in [9.17, 15) is 14.4 Å². The quantitative estimate of drug-likeness (QED) is 0.737. The Morgan fingerprint density at radius 3 is 1.53 bits per heavy atom. The summed E-state index contributed by atoms with van der Waals surface area (Å²) in [6, 6.07) is 0. The molecule has 0 radical (unpaired) electrons. The van der Waals surface area contributed by atoms with E-state index in [1.54, 1.807) is 0 Å². The molecule has 0 saturated carbocycles. The van der Waals surface area contributed by atoms with E-state index in [0.29, 0.717) is 5.92 Å².